The highest BCUT2D eigenvalue weighted by molar-refractivity contribution is 4.77. The Balaban J connectivity index is 1.63. The summed E-state index contributed by atoms with van der Waals surface area (Å²) in [6.45, 7) is 6.62. The van der Waals surface area contributed by atoms with Crippen LogP contribution in [0, 0.1) is 0 Å². The average molecular weight is 241 g/mol. The molecule has 0 atom stereocenters. The molecule has 0 saturated carbocycles. The lowest BCUT2D eigenvalue weighted by Gasteiger charge is -2.35. The minimum absolute atomic E-state index is 0.444. The van der Waals surface area contributed by atoms with Crippen LogP contribution in [0.2, 0.25) is 0 Å². The van der Waals surface area contributed by atoms with E-state index in [1.807, 2.05) is 0 Å². The molecule has 2 aliphatic rings. The van der Waals surface area contributed by atoms with Crippen molar-refractivity contribution in [2.75, 3.05) is 46.4 Å². The quantitative estimate of drug-likeness (QED) is 0.779. The second kappa shape index (κ2) is 6.69. The summed E-state index contributed by atoms with van der Waals surface area (Å²) >= 11 is 0. The van der Waals surface area contributed by atoms with Crippen LogP contribution in [0.1, 0.15) is 25.7 Å². The molecule has 4 heteroatoms. The van der Waals surface area contributed by atoms with E-state index in [-0.39, 0.29) is 0 Å². The van der Waals surface area contributed by atoms with Crippen LogP contribution < -0.4 is 5.73 Å². The smallest absolute Gasteiger partial charge is 0.0480 e. The number of nitrogens with two attached hydrogens (primary N) is 1. The zero-order valence-corrected chi connectivity index (χ0v) is 11.1. The van der Waals surface area contributed by atoms with Gasteiger partial charge in [-0.05, 0) is 45.8 Å². The zero-order valence-electron chi connectivity index (χ0n) is 11.1. The summed E-state index contributed by atoms with van der Waals surface area (Å²) in [6.07, 6.45) is 4.73. The molecule has 100 valence electrons. The monoisotopic (exact) mass is 241 g/mol. The molecule has 0 spiro atoms. The van der Waals surface area contributed by atoms with Gasteiger partial charge in [0.15, 0.2) is 0 Å². The predicted molar refractivity (Wildman–Crippen MR) is 70.1 cm³/mol. The Morgan fingerprint density at radius 3 is 2.47 bits per heavy atom. The zero-order chi connectivity index (χ0) is 12.1. The molecule has 2 fully saturated rings. The van der Waals surface area contributed by atoms with Gasteiger partial charge >= 0.3 is 0 Å². The summed E-state index contributed by atoms with van der Waals surface area (Å²) < 4.78 is 5.41. The van der Waals surface area contributed by atoms with Gasteiger partial charge in [-0.25, -0.2) is 0 Å². The summed E-state index contributed by atoms with van der Waals surface area (Å²) in [4.78, 5) is 5.07. The largest absolute Gasteiger partial charge is 0.381 e. The van der Waals surface area contributed by atoms with Crippen LogP contribution in [0.15, 0.2) is 0 Å². The number of hydrogen-bond acceptors (Lipinski definition) is 4. The van der Waals surface area contributed by atoms with Crippen molar-refractivity contribution in [3.8, 4) is 0 Å². The summed E-state index contributed by atoms with van der Waals surface area (Å²) in [5.74, 6) is 0. The summed E-state index contributed by atoms with van der Waals surface area (Å²) in [5, 5.41) is 0. The average Bonchev–Trinajstić information content (AvgIpc) is 2.39. The third-order valence-electron chi connectivity index (χ3n) is 4.22. The Bertz CT molecular complexity index is 211. The SMILES string of the molecule is CN(CCN1CCC(N)CC1)C1CCOCC1. The number of likely N-dealkylation sites (tertiary alicyclic amines) is 1. The van der Waals surface area contributed by atoms with E-state index >= 15 is 0 Å². The highest BCUT2D eigenvalue weighted by Gasteiger charge is 2.20. The van der Waals surface area contributed by atoms with E-state index in [1.165, 1.54) is 51.9 Å². The topological polar surface area (TPSA) is 41.7 Å². The molecular formula is C13H27N3O. The van der Waals surface area contributed by atoms with E-state index in [4.69, 9.17) is 10.5 Å². The molecule has 0 aromatic heterocycles. The molecule has 4 nitrogen and oxygen atoms in total. The first-order valence-electron chi connectivity index (χ1n) is 7.01. The number of rotatable bonds is 4. The molecule has 2 rings (SSSR count). The molecule has 2 heterocycles. The molecular weight excluding hydrogens is 214 g/mol. The fourth-order valence-corrected chi connectivity index (χ4v) is 2.78. The van der Waals surface area contributed by atoms with Gasteiger partial charge in [0.05, 0.1) is 0 Å². The van der Waals surface area contributed by atoms with Crippen molar-refractivity contribution in [3.05, 3.63) is 0 Å². The maximum Gasteiger partial charge on any atom is 0.0480 e. The fraction of sp³-hybridized carbons (Fsp3) is 1.00. The van der Waals surface area contributed by atoms with Crippen LogP contribution in [-0.2, 0) is 4.74 Å². The van der Waals surface area contributed by atoms with Crippen LogP contribution in [0.25, 0.3) is 0 Å². The van der Waals surface area contributed by atoms with E-state index in [2.05, 4.69) is 16.8 Å². The van der Waals surface area contributed by atoms with Gasteiger partial charge < -0.3 is 20.3 Å². The molecule has 0 amide bonds. The second-order valence-electron chi connectivity index (χ2n) is 5.50. The third-order valence-corrected chi connectivity index (χ3v) is 4.22. The molecule has 0 aliphatic carbocycles. The van der Waals surface area contributed by atoms with Crippen LogP contribution in [0.5, 0.6) is 0 Å². The van der Waals surface area contributed by atoms with Crippen LogP contribution in [-0.4, -0.2) is 68.3 Å². The highest BCUT2D eigenvalue weighted by atomic mass is 16.5. The van der Waals surface area contributed by atoms with E-state index in [0.717, 1.165) is 19.3 Å². The van der Waals surface area contributed by atoms with Crippen molar-refractivity contribution in [1.82, 2.24) is 9.80 Å². The van der Waals surface area contributed by atoms with Crippen molar-refractivity contribution in [3.63, 3.8) is 0 Å². The molecule has 2 N–H and O–H groups in total. The lowest BCUT2D eigenvalue weighted by Crippen LogP contribution is -2.45. The maximum absolute atomic E-state index is 5.92. The number of nitrogens with zero attached hydrogens (tertiary/aromatic N) is 2. The Kier molecular flexibility index (Phi) is 5.22. The van der Waals surface area contributed by atoms with Gasteiger partial charge in [0, 0.05) is 38.4 Å². The van der Waals surface area contributed by atoms with Gasteiger partial charge in [-0.2, -0.15) is 0 Å². The number of hydrogen-bond donors (Lipinski definition) is 1. The summed E-state index contributed by atoms with van der Waals surface area (Å²) in [7, 11) is 2.26. The summed E-state index contributed by atoms with van der Waals surface area (Å²) in [6, 6.07) is 1.18. The van der Waals surface area contributed by atoms with Crippen molar-refractivity contribution >= 4 is 0 Å². The van der Waals surface area contributed by atoms with Crippen molar-refractivity contribution in [1.29, 1.82) is 0 Å². The van der Waals surface area contributed by atoms with Crippen LogP contribution >= 0.6 is 0 Å². The second-order valence-corrected chi connectivity index (χ2v) is 5.50. The van der Waals surface area contributed by atoms with E-state index in [1.54, 1.807) is 0 Å². The van der Waals surface area contributed by atoms with Gasteiger partial charge in [0.1, 0.15) is 0 Å². The van der Waals surface area contributed by atoms with E-state index in [9.17, 15) is 0 Å². The van der Waals surface area contributed by atoms with Crippen molar-refractivity contribution in [2.24, 2.45) is 5.73 Å². The van der Waals surface area contributed by atoms with E-state index < -0.39 is 0 Å². The Morgan fingerprint density at radius 1 is 1.18 bits per heavy atom. The Labute approximate surface area is 105 Å². The fourth-order valence-electron chi connectivity index (χ4n) is 2.78. The molecule has 0 aromatic carbocycles. The van der Waals surface area contributed by atoms with Crippen LogP contribution in [0.4, 0.5) is 0 Å². The van der Waals surface area contributed by atoms with Gasteiger partial charge in [0.2, 0.25) is 0 Å². The number of ether oxygens (including phenoxy) is 1. The molecule has 0 radical (unpaired) electrons. The minimum atomic E-state index is 0.444. The Morgan fingerprint density at radius 2 is 1.82 bits per heavy atom. The first-order chi connectivity index (χ1) is 8.25. The molecule has 0 bridgehead atoms. The van der Waals surface area contributed by atoms with Crippen molar-refractivity contribution < 1.29 is 4.74 Å². The normalized spacial score (nSPS) is 25.6. The Hall–Kier alpha value is -0.160. The lowest BCUT2D eigenvalue weighted by molar-refractivity contribution is 0.0391. The molecule has 17 heavy (non-hydrogen) atoms. The third kappa shape index (κ3) is 4.21. The van der Waals surface area contributed by atoms with Crippen LogP contribution in [0.3, 0.4) is 0 Å². The maximum atomic E-state index is 5.92. The predicted octanol–water partition coefficient (Wildman–Crippen LogP) is 0.520. The minimum Gasteiger partial charge on any atom is -0.381 e. The van der Waals surface area contributed by atoms with Gasteiger partial charge in [-0.15, -0.1) is 0 Å². The summed E-state index contributed by atoms with van der Waals surface area (Å²) in [5.41, 5.74) is 5.92. The van der Waals surface area contributed by atoms with Gasteiger partial charge in [-0.3, -0.25) is 0 Å². The molecule has 2 aliphatic heterocycles. The first-order valence-corrected chi connectivity index (χ1v) is 7.01. The van der Waals surface area contributed by atoms with Gasteiger partial charge in [-0.1, -0.05) is 0 Å². The molecule has 0 unspecified atom stereocenters. The molecule has 2 saturated heterocycles. The van der Waals surface area contributed by atoms with Crippen molar-refractivity contribution in [2.45, 2.75) is 37.8 Å². The molecule has 0 aromatic rings. The lowest BCUT2D eigenvalue weighted by atomic mass is 10.1. The number of likely N-dealkylation sites (N-methyl/N-ethyl adjacent to an activating group) is 1. The van der Waals surface area contributed by atoms with Gasteiger partial charge in [0.25, 0.3) is 0 Å². The number of piperidine rings is 1. The first kappa shape index (κ1) is 13.3. The van der Waals surface area contributed by atoms with E-state index in [0.29, 0.717) is 6.04 Å². The standard InChI is InChI=1S/C13H27N3O/c1-15(13-4-10-17-11-5-13)8-9-16-6-2-12(14)3-7-16/h12-13H,2-11,14H2,1H3. The highest BCUT2D eigenvalue weighted by Crippen LogP contribution is 2.13.